The van der Waals surface area contributed by atoms with E-state index >= 15 is 0 Å². The van der Waals surface area contributed by atoms with E-state index in [9.17, 15) is 10.0 Å². The molecule has 1 unspecified atom stereocenters. The third-order valence-corrected chi connectivity index (χ3v) is 1.46. The number of rotatable bonds is 2. The number of aldehydes is 1. The molecule has 0 fully saturated rings. The van der Waals surface area contributed by atoms with Crippen LogP contribution in [0.3, 0.4) is 0 Å². The zero-order valence-corrected chi connectivity index (χ0v) is 6.44. The second kappa shape index (κ2) is 3.40. The highest BCUT2D eigenvalue weighted by atomic mass is 16.8. The van der Waals surface area contributed by atoms with Crippen LogP contribution in [0.5, 0.6) is 0 Å². The number of carbonyl (C=O) groups is 1. The van der Waals surface area contributed by atoms with Gasteiger partial charge in [-0.25, -0.2) is 10.2 Å². The third-order valence-electron chi connectivity index (χ3n) is 1.46. The van der Waals surface area contributed by atoms with Crippen molar-refractivity contribution < 1.29 is 15.2 Å². The molecule has 0 saturated carbocycles. The number of hydrogen-bond acceptors (Lipinski definition) is 4. The number of quaternary nitrogens is 1. The highest BCUT2D eigenvalue weighted by molar-refractivity contribution is 5.72. The summed E-state index contributed by atoms with van der Waals surface area (Å²) in [4.78, 5) is 14.0. The Morgan fingerprint density at radius 2 is 2.33 bits per heavy atom. The Labute approximate surface area is 68.8 Å². The number of aryl methyl sites for hydroxylation is 1. The topological polar surface area (TPSA) is 77.7 Å². The van der Waals surface area contributed by atoms with Crippen LogP contribution in [-0.4, -0.2) is 16.5 Å². The lowest BCUT2D eigenvalue weighted by Gasteiger charge is -2.12. The Bertz CT molecular complexity index is 299. The summed E-state index contributed by atoms with van der Waals surface area (Å²) in [7, 11) is 0. The van der Waals surface area contributed by atoms with E-state index in [4.69, 9.17) is 5.21 Å². The van der Waals surface area contributed by atoms with Gasteiger partial charge in [0.2, 0.25) is 0 Å². The highest BCUT2D eigenvalue weighted by Crippen LogP contribution is 2.06. The molecule has 0 aliphatic rings. The van der Waals surface area contributed by atoms with Crippen LogP contribution in [-0.2, 0) is 0 Å². The first kappa shape index (κ1) is 8.79. The largest absolute Gasteiger partial charge is 0.595 e. The van der Waals surface area contributed by atoms with E-state index in [0.717, 1.165) is 0 Å². The summed E-state index contributed by atoms with van der Waals surface area (Å²) in [5.74, 6) is 0. The average Bonchev–Trinajstić information content (AvgIpc) is 2.03. The normalized spacial score (nSPS) is 12.6. The summed E-state index contributed by atoms with van der Waals surface area (Å²) >= 11 is 0. The molecule has 0 radical (unpaired) electrons. The van der Waals surface area contributed by atoms with Crippen LogP contribution in [0.4, 0.5) is 5.69 Å². The van der Waals surface area contributed by atoms with Crippen molar-refractivity contribution in [2.45, 2.75) is 6.92 Å². The molecule has 1 heterocycles. The van der Waals surface area contributed by atoms with Crippen molar-refractivity contribution in [2.24, 2.45) is 0 Å². The predicted molar refractivity (Wildman–Crippen MR) is 40.1 cm³/mol. The number of nitrogens with one attached hydrogen (secondary N) is 1. The fourth-order valence-electron chi connectivity index (χ4n) is 0.872. The molecule has 0 aromatic carbocycles. The number of carbonyl (C=O) groups excluding carboxylic acids is 1. The molecule has 0 amide bonds. The first-order chi connectivity index (χ1) is 5.65. The van der Waals surface area contributed by atoms with Gasteiger partial charge < -0.3 is 5.21 Å². The van der Waals surface area contributed by atoms with E-state index in [1.54, 1.807) is 6.92 Å². The molecule has 0 aliphatic carbocycles. The van der Waals surface area contributed by atoms with E-state index in [1.807, 2.05) is 0 Å². The first-order valence-corrected chi connectivity index (χ1v) is 3.31. The lowest BCUT2D eigenvalue weighted by atomic mass is 10.3. The number of aromatic nitrogens is 1. The summed E-state index contributed by atoms with van der Waals surface area (Å²) in [5.41, 5.74) is 0.727. The molecule has 1 aromatic heterocycles. The Hall–Kier alpha value is -1.30. The molecular formula is C7H8N2O3. The number of hydrogen-bond donors (Lipinski definition) is 2. The molecule has 0 bridgehead atoms. The van der Waals surface area contributed by atoms with Crippen LogP contribution in [0.15, 0.2) is 12.1 Å². The van der Waals surface area contributed by atoms with Crippen molar-refractivity contribution >= 4 is 12.0 Å². The molecule has 1 rings (SSSR count). The van der Waals surface area contributed by atoms with Crippen molar-refractivity contribution in [2.75, 3.05) is 0 Å². The molecule has 1 atom stereocenters. The van der Waals surface area contributed by atoms with Crippen molar-refractivity contribution in [3.05, 3.63) is 28.7 Å². The fraction of sp³-hybridized carbons (Fsp3) is 0.143. The minimum atomic E-state index is -1.03. The SMILES string of the molecule is Cc1nc(C=O)ccc1[NH+]([O-])O. The maximum absolute atomic E-state index is 10.5. The summed E-state index contributed by atoms with van der Waals surface area (Å²) in [5, 5.41) is 18.1. The quantitative estimate of drug-likeness (QED) is 0.465. The smallest absolute Gasteiger partial charge is 0.185 e. The van der Waals surface area contributed by atoms with Crippen molar-refractivity contribution in [3.63, 3.8) is 0 Å². The lowest BCUT2D eigenvalue weighted by molar-refractivity contribution is -0.991. The Balaban J connectivity index is 3.11. The maximum atomic E-state index is 10.5. The molecule has 2 N–H and O–H groups in total. The second-order valence-electron chi connectivity index (χ2n) is 2.29. The van der Waals surface area contributed by atoms with Crippen LogP contribution in [0.2, 0.25) is 0 Å². The van der Waals surface area contributed by atoms with Crippen LogP contribution in [0.1, 0.15) is 16.2 Å². The number of nitrogens with zero attached hydrogens (tertiary/aromatic N) is 1. The first-order valence-electron chi connectivity index (χ1n) is 3.31. The summed E-state index contributed by atoms with van der Waals surface area (Å²) in [6.45, 7) is 1.55. The second-order valence-corrected chi connectivity index (χ2v) is 2.29. The van der Waals surface area contributed by atoms with Crippen molar-refractivity contribution in [1.29, 1.82) is 0 Å². The van der Waals surface area contributed by atoms with Crippen LogP contribution in [0.25, 0.3) is 0 Å². The maximum Gasteiger partial charge on any atom is 0.185 e. The van der Waals surface area contributed by atoms with E-state index in [1.165, 1.54) is 12.1 Å². The standard InChI is InChI=1S/C7H8N2O3/c1-5-7(9(11)12)3-2-6(4-10)8-5/h2-4,9,11H,1H3. The van der Waals surface area contributed by atoms with E-state index in [0.29, 0.717) is 12.0 Å². The van der Waals surface area contributed by atoms with Gasteiger partial charge in [-0.3, -0.25) is 4.79 Å². The van der Waals surface area contributed by atoms with Crippen LogP contribution in [0, 0.1) is 12.1 Å². The molecule has 1 aromatic rings. The minimum Gasteiger partial charge on any atom is -0.595 e. The molecule has 12 heavy (non-hydrogen) atoms. The Morgan fingerprint density at radius 3 is 2.75 bits per heavy atom. The molecule has 0 aliphatic heterocycles. The van der Waals surface area contributed by atoms with Gasteiger partial charge >= 0.3 is 0 Å². The molecule has 64 valence electrons. The molecule has 5 heteroatoms. The van der Waals surface area contributed by atoms with Gasteiger partial charge in [-0.1, -0.05) is 0 Å². The molecule has 5 nitrogen and oxygen atoms in total. The Morgan fingerprint density at radius 1 is 1.67 bits per heavy atom. The summed E-state index contributed by atoms with van der Waals surface area (Å²) in [6.07, 6.45) is 0.582. The van der Waals surface area contributed by atoms with E-state index in [-0.39, 0.29) is 11.4 Å². The van der Waals surface area contributed by atoms with Gasteiger partial charge in [-0.2, -0.15) is 5.23 Å². The zero-order chi connectivity index (χ0) is 9.14. The van der Waals surface area contributed by atoms with Gasteiger partial charge in [-0.05, 0) is 13.0 Å². The van der Waals surface area contributed by atoms with Gasteiger partial charge in [0.25, 0.3) is 0 Å². The third kappa shape index (κ3) is 1.65. The molecular weight excluding hydrogens is 160 g/mol. The average molecular weight is 168 g/mol. The van der Waals surface area contributed by atoms with Crippen molar-refractivity contribution in [3.8, 4) is 0 Å². The zero-order valence-electron chi connectivity index (χ0n) is 6.44. The van der Waals surface area contributed by atoms with Crippen LogP contribution >= 0.6 is 0 Å². The Kier molecular flexibility index (Phi) is 2.49. The minimum absolute atomic E-state index is 0.126. The van der Waals surface area contributed by atoms with E-state index in [2.05, 4.69) is 4.98 Å². The van der Waals surface area contributed by atoms with Crippen LogP contribution < -0.4 is 5.23 Å². The lowest BCUT2D eigenvalue weighted by Crippen LogP contribution is -2.99. The molecule has 0 spiro atoms. The van der Waals surface area contributed by atoms with Gasteiger partial charge in [0, 0.05) is 6.07 Å². The fourth-order valence-corrected chi connectivity index (χ4v) is 0.872. The predicted octanol–water partition coefficient (Wildman–Crippen LogP) is -0.394. The van der Waals surface area contributed by atoms with Gasteiger partial charge in [0.05, 0.1) is 0 Å². The monoisotopic (exact) mass is 168 g/mol. The van der Waals surface area contributed by atoms with E-state index < -0.39 is 5.23 Å². The highest BCUT2D eigenvalue weighted by Gasteiger charge is 2.06. The van der Waals surface area contributed by atoms with Gasteiger partial charge in [-0.15, -0.1) is 0 Å². The van der Waals surface area contributed by atoms with Gasteiger partial charge in [0.15, 0.2) is 12.0 Å². The summed E-state index contributed by atoms with van der Waals surface area (Å²) < 4.78 is 0. The summed E-state index contributed by atoms with van der Waals surface area (Å²) in [6, 6.07) is 2.75. The molecule has 0 saturated heterocycles. The number of pyridine rings is 1. The van der Waals surface area contributed by atoms with Gasteiger partial charge in [0.1, 0.15) is 11.4 Å². The van der Waals surface area contributed by atoms with Crippen molar-refractivity contribution in [1.82, 2.24) is 4.98 Å².